The lowest BCUT2D eigenvalue weighted by molar-refractivity contribution is -0.181. The number of nitrogens with one attached hydrogen (secondary N) is 1. The van der Waals surface area contributed by atoms with Gasteiger partial charge in [0.1, 0.15) is 5.75 Å². The van der Waals surface area contributed by atoms with Gasteiger partial charge in [-0.05, 0) is 18.6 Å². The summed E-state index contributed by atoms with van der Waals surface area (Å²) in [6.45, 7) is 2.96. The lowest BCUT2D eigenvalue weighted by atomic mass is 10.0. The summed E-state index contributed by atoms with van der Waals surface area (Å²) >= 11 is 0. The van der Waals surface area contributed by atoms with E-state index in [0.717, 1.165) is 0 Å². The molecule has 0 radical (unpaired) electrons. The van der Waals surface area contributed by atoms with Crippen LogP contribution < -0.4 is 10.1 Å². The van der Waals surface area contributed by atoms with Gasteiger partial charge in [-0.15, -0.1) is 0 Å². The monoisotopic (exact) mass is 345 g/mol. The molecule has 0 unspecified atom stereocenters. The molecule has 7 heteroatoms. The van der Waals surface area contributed by atoms with Gasteiger partial charge in [0, 0.05) is 44.1 Å². The van der Waals surface area contributed by atoms with Crippen molar-refractivity contribution in [3.8, 4) is 11.8 Å². The Hall–Kier alpha value is -2.30. The number of anilines is 1. The number of nitrogens with zero attached hydrogens (tertiary/aromatic N) is 2. The van der Waals surface area contributed by atoms with E-state index < -0.39 is 5.79 Å². The van der Waals surface area contributed by atoms with E-state index in [2.05, 4.69) is 11.4 Å². The van der Waals surface area contributed by atoms with Gasteiger partial charge >= 0.3 is 6.03 Å². The number of unbranched alkanes of at least 4 members (excludes halogenated alkanes) is 1. The van der Waals surface area contributed by atoms with Crippen LogP contribution in [0.25, 0.3) is 0 Å². The molecule has 2 saturated heterocycles. The summed E-state index contributed by atoms with van der Waals surface area (Å²) in [4.78, 5) is 14.2. The van der Waals surface area contributed by atoms with E-state index in [1.165, 1.54) is 0 Å². The lowest BCUT2D eigenvalue weighted by Gasteiger charge is -2.37. The average Bonchev–Trinajstić information content (AvgIpc) is 3.08. The first-order chi connectivity index (χ1) is 12.2. The number of likely N-dealkylation sites (tertiary alicyclic amines) is 1. The first-order valence-corrected chi connectivity index (χ1v) is 8.64. The fourth-order valence-corrected chi connectivity index (χ4v) is 3.04. The number of hydrogen-bond donors (Lipinski definition) is 1. The van der Waals surface area contributed by atoms with Crippen LogP contribution in [-0.4, -0.2) is 49.6 Å². The van der Waals surface area contributed by atoms with Crippen molar-refractivity contribution in [3.05, 3.63) is 24.3 Å². The standard InChI is InChI=1S/C18H23N3O4/c19-8-1-2-11-23-16-5-3-4-15(14-16)20-17(22)21-9-6-18(7-10-21)24-12-13-25-18/h3-5,14H,1-2,6-7,9-13H2,(H,20,22). The highest BCUT2D eigenvalue weighted by Crippen LogP contribution is 2.31. The Morgan fingerprint density at radius 2 is 2.08 bits per heavy atom. The maximum atomic E-state index is 12.4. The number of carbonyl (C=O) groups excluding carboxylic acids is 1. The van der Waals surface area contributed by atoms with Gasteiger partial charge in [-0.1, -0.05) is 6.07 Å². The molecular formula is C18H23N3O4. The van der Waals surface area contributed by atoms with Gasteiger partial charge < -0.3 is 24.4 Å². The fourth-order valence-electron chi connectivity index (χ4n) is 3.04. The molecule has 1 aromatic rings. The lowest BCUT2D eigenvalue weighted by Crippen LogP contribution is -2.48. The number of carbonyl (C=O) groups is 1. The summed E-state index contributed by atoms with van der Waals surface area (Å²) < 4.78 is 17.0. The molecule has 134 valence electrons. The SMILES string of the molecule is N#CCCCOc1cccc(NC(=O)N2CCC3(CC2)OCCO3)c1. The normalized spacial score (nSPS) is 18.8. The van der Waals surface area contributed by atoms with Crippen molar-refractivity contribution in [1.82, 2.24) is 4.90 Å². The Bertz CT molecular complexity index is 627. The quantitative estimate of drug-likeness (QED) is 0.830. The van der Waals surface area contributed by atoms with E-state index in [-0.39, 0.29) is 6.03 Å². The van der Waals surface area contributed by atoms with E-state index in [9.17, 15) is 4.79 Å². The van der Waals surface area contributed by atoms with E-state index in [4.69, 9.17) is 19.5 Å². The van der Waals surface area contributed by atoms with Crippen molar-refractivity contribution in [3.63, 3.8) is 0 Å². The van der Waals surface area contributed by atoms with Crippen LogP contribution in [0.3, 0.4) is 0 Å². The van der Waals surface area contributed by atoms with Crippen LogP contribution in [0.5, 0.6) is 5.75 Å². The Kier molecular flexibility index (Phi) is 5.74. The number of hydrogen-bond acceptors (Lipinski definition) is 5. The van der Waals surface area contributed by atoms with Crippen LogP contribution in [0.15, 0.2) is 24.3 Å². The predicted octanol–water partition coefficient (Wildman–Crippen LogP) is 2.74. The topological polar surface area (TPSA) is 83.8 Å². The second kappa shape index (κ2) is 8.19. The average molecular weight is 345 g/mol. The van der Waals surface area contributed by atoms with Crippen molar-refractivity contribution < 1.29 is 19.0 Å². The van der Waals surface area contributed by atoms with Crippen molar-refractivity contribution in [2.75, 3.05) is 38.2 Å². The van der Waals surface area contributed by atoms with Gasteiger partial charge in [0.25, 0.3) is 0 Å². The molecule has 0 saturated carbocycles. The van der Waals surface area contributed by atoms with Gasteiger partial charge in [-0.2, -0.15) is 5.26 Å². The molecule has 25 heavy (non-hydrogen) atoms. The zero-order valence-corrected chi connectivity index (χ0v) is 14.2. The number of urea groups is 1. The van der Waals surface area contributed by atoms with Crippen LogP contribution >= 0.6 is 0 Å². The van der Waals surface area contributed by atoms with Crippen molar-refractivity contribution in [2.45, 2.75) is 31.5 Å². The third-order valence-corrected chi connectivity index (χ3v) is 4.41. The van der Waals surface area contributed by atoms with Gasteiger partial charge in [0.2, 0.25) is 0 Å². The molecule has 0 atom stereocenters. The first-order valence-electron chi connectivity index (χ1n) is 8.64. The summed E-state index contributed by atoms with van der Waals surface area (Å²) in [5, 5.41) is 11.4. The molecule has 2 amide bonds. The summed E-state index contributed by atoms with van der Waals surface area (Å²) in [5.74, 6) is 0.203. The van der Waals surface area contributed by atoms with Crippen LogP contribution in [0.1, 0.15) is 25.7 Å². The fraction of sp³-hybridized carbons (Fsp3) is 0.556. The molecule has 0 aliphatic carbocycles. The molecule has 2 aliphatic heterocycles. The highest BCUT2D eigenvalue weighted by atomic mass is 16.7. The van der Waals surface area contributed by atoms with E-state index in [0.29, 0.717) is 70.0 Å². The zero-order valence-electron chi connectivity index (χ0n) is 14.2. The molecule has 2 fully saturated rings. The molecule has 1 spiro atoms. The minimum atomic E-state index is -0.478. The smallest absolute Gasteiger partial charge is 0.321 e. The van der Waals surface area contributed by atoms with E-state index in [1.54, 1.807) is 11.0 Å². The largest absolute Gasteiger partial charge is 0.493 e. The van der Waals surface area contributed by atoms with Crippen molar-refractivity contribution in [2.24, 2.45) is 0 Å². The summed E-state index contributed by atoms with van der Waals surface area (Å²) in [7, 11) is 0. The molecule has 0 aromatic heterocycles. The minimum absolute atomic E-state index is 0.130. The first kappa shape index (κ1) is 17.5. The molecule has 1 N–H and O–H groups in total. The maximum Gasteiger partial charge on any atom is 0.321 e. The molecule has 2 heterocycles. The third kappa shape index (κ3) is 4.62. The maximum absolute atomic E-state index is 12.4. The summed E-state index contributed by atoms with van der Waals surface area (Å²) in [6.07, 6.45) is 2.55. The Balaban J connectivity index is 1.48. The summed E-state index contributed by atoms with van der Waals surface area (Å²) in [6, 6.07) is 9.24. The number of ether oxygens (including phenoxy) is 3. The molecule has 0 bridgehead atoms. The molecule has 3 rings (SSSR count). The Morgan fingerprint density at radius 3 is 2.80 bits per heavy atom. The second-order valence-corrected chi connectivity index (χ2v) is 6.16. The third-order valence-electron chi connectivity index (χ3n) is 4.41. The Morgan fingerprint density at radius 1 is 1.32 bits per heavy atom. The molecular weight excluding hydrogens is 322 g/mol. The van der Waals surface area contributed by atoms with Gasteiger partial charge in [-0.3, -0.25) is 0 Å². The number of benzene rings is 1. The molecule has 1 aromatic carbocycles. The van der Waals surface area contributed by atoms with Gasteiger partial charge in [0.05, 0.1) is 25.9 Å². The van der Waals surface area contributed by atoms with Crippen LogP contribution in [0, 0.1) is 11.3 Å². The molecule has 7 nitrogen and oxygen atoms in total. The number of piperidine rings is 1. The predicted molar refractivity (Wildman–Crippen MR) is 91.2 cm³/mol. The summed E-state index contributed by atoms with van der Waals surface area (Å²) in [5.41, 5.74) is 0.691. The number of rotatable bonds is 5. The van der Waals surface area contributed by atoms with Gasteiger partial charge in [-0.25, -0.2) is 4.79 Å². The van der Waals surface area contributed by atoms with E-state index >= 15 is 0 Å². The Labute approximate surface area is 147 Å². The highest BCUT2D eigenvalue weighted by Gasteiger charge is 2.40. The van der Waals surface area contributed by atoms with Gasteiger partial charge in [0.15, 0.2) is 5.79 Å². The second-order valence-electron chi connectivity index (χ2n) is 6.16. The van der Waals surface area contributed by atoms with Crippen molar-refractivity contribution in [1.29, 1.82) is 5.26 Å². The molecule has 2 aliphatic rings. The number of nitriles is 1. The van der Waals surface area contributed by atoms with Crippen molar-refractivity contribution >= 4 is 11.7 Å². The van der Waals surface area contributed by atoms with Crippen LogP contribution in [-0.2, 0) is 9.47 Å². The number of amides is 2. The van der Waals surface area contributed by atoms with Crippen LogP contribution in [0.2, 0.25) is 0 Å². The van der Waals surface area contributed by atoms with Crippen LogP contribution in [0.4, 0.5) is 10.5 Å². The highest BCUT2D eigenvalue weighted by molar-refractivity contribution is 5.89. The van der Waals surface area contributed by atoms with E-state index in [1.807, 2.05) is 18.2 Å². The zero-order chi connectivity index (χ0) is 17.5. The minimum Gasteiger partial charge on any atom is -0.493 e.